The lowest BCUT2D eigenvalue weighted by molar-refractivity contribution is 0.0702. The lowest BCUT2D eigenvalue weighted by Gasteiger charge is -2.30. The van der Waals surface area contributed by atoms with Gasteiger partial charge in [-0.3, -0.25) is 4.79 Å². The van der Waals surface area contributed by atoms with Crippen molar-refractivity contribution in [2.45, 2.75) is 25.3 Å². The summed E-state index contributed by atoms with van der Waals surface area (Å²) in [6, 6.07) is 10.1. The van der Waals surface area contributed by atoms with Gasteiger partial charge in [-0.1, -0.05) is 18.2 Å². The molecule has 1 fully saturated rings. The van der Waals surface area contributed by atoms with Crippen molar-refractivity contribution in [1.82, 2.24) is 14.9 Å². The molecule has 4 rings (SSSR count). The summed E-state index contributed by atoms with van der Waals surface area (Å²) in [5.74, 6) is 1.45. The average molecular weight is 365 g/mol. The third-order valence-electron chi connectivity index (χ3n) is 4.77. The molecular formula is C20H23N5O2. The Balaban J connectivity index is 1.31. The van der Waals surface area contributed by atoms with Crippen LogP contribution >= 0.6 is 0 Å². The van der Waals surface area contributed by atoms with Gasteiger partial charge in [-0.05, 0) is 25.0 Å². The number of nitrogens with one attached hydrogen (secondary N) is 1. The van der Waals surface area contributed by atoms with Crippen LogP contribution in [0.4, 0.5) is 5.82 Å². The first-order valence-electron chi connectivity index (χ1n) is 9.27. The number of nitrogens with zero attached hydrogens (tertiary/aromatic N) is 3. The number of rotatable bonds is 5. The van der Waals surface area contributed by atoms with E-state index in [0.29, 0.717) is 24.6 Å². The van der Waals surface area contributed by atoms with E-state index in [0.717, 1.165) is 42.5 Å². The Morgan fingerprint density at radius 3 is 2.96 bits per heavy atom. The van der Waals surface area contributed by atoms with E-state index in [9.17, 15) is 4.79 Å². The largest absolute Gasteiger partial charge is 0.461 e. The van der Waals surface area contributed by atoms with Crippen LogP contribution in [0.15, 0.2) is 47.1 Å². The van der Waals surface area contributed by atoms with Crippen molar-refractivity contribution >= 4 is 22.7 Å². The van der Waals surface area contributed by atoms with Crippen LogP contribution in [0.5, 0.6) is 0 Å². The normalized spacial score (nSPS) is 17.2. The molecule has 1 aliphatic heterocycles. The molecule has 1 unspecified atom stereocenters. The van der Waals surface area contributed by atoms with Gasteiger partial charge in [0.2, 0.25) is 0 Å². The number of amides is 1. The smallest absolute Gasteiger partial charge is 0.274 e. The molecule has 1 aromatic carbocycles. The molecule has 1 amide bonds. The molecule has 1 atom stereocenters. The van der Waals surface area contributed by atoms with Gasteiger partial charge in [0.05, 0.1) is 12.4 Å². The van der Waals surface area contributed by atoms with Gasteiger partial charge in [-0.2, -0.15) is 0 Å². The highest BCUT2D eigenvalue weighted by atomic mass is 16.3. The van der Waals surface area contributed by atoms with Gasteiger partial charge in [0.1, 0.15) is 22.9 Å². The van der Waals surface area contributed by atoms with E-state index in [1.807, 2.05) is 30.3 Å². The minimum absolute atomic E-state index is 0.0508. The van der Waals surface area contributed by atoms with Crippen LogP contribution < -0.4 is 11.1 Å². The maximum absolute atomic E-state index is 12.5. The summed E-state index contributed by atoms with van der Waals surface area (Å²) in [7, 11) is 0. The summed E-state index contributed by atoms with van der Waals surface area (Å²) in [5, 5.41) is 4.32. The van der Waals surface area contributed by atoms with E-state index in [4.69, 9.17) is 10.2 Å². The molecule has 0 saturated carbocycles. The molecule has 7 heteroatoms. The highest BCUT2D eigenvalue weighted by Gasteiger charge is 2.23. The molecule has 3 N–H and O–H groups in total. The van der Waals surface area contributed by atoms with E-state index < -0.39 is 0 Å². The van der Waals surface area contributed by atoms with Crippen LogP contribution in [0.2, 0.25) is 0 Å². The predicted octanol–water partition coefficient (Wildman–Crippen LogP) is 2.44. The van der Waals surface area contributed by atoms with Gasteiger partial charge in [-0.25, -0.2) is 9.97 Å². The van der Waals surface area contributed by atoms with Gasteiger partial charge in [0.25, 0.3) is 5.91 Å². The second kappa shape index (κ2) is 7.75. The standard InChI is InChI=1S/C20H23N5O2/c21-15-5-3-9-25(13-15)20(26)17-11-24-19(12-23-17)22-8-7-16-10-14-4-1-2-6-18(14)27-16/h1-2,4,6,10-12,15H,3,5,7-9,13,21H2,(H,22,24). The maximum atomic E-state index is 12.5. The highest BCUT2D eigenvalue weighted by molar-refractivity contribution is 5.92. The number of carbonyl (C=O) groups is 1. The second-order valence-corrected chi connectivity index (χ2v) is 6.87. The fourth-order valence-electron chi connectivity index (χ4n) is 3.36. The Morgan fingerprint density at radius 2 is 2.19 bits per heavy atom. The number of hydrogen-bond acceptors (Lipinski definition) is 6. The Labute approximate surface area is 157 Å². The first kappa shape index (κ1) is 17.5. The first-order chi connectivity index (χ1) is 13.2. The molecule has 0 bridgehead atoms. The number of para-hydroxylation sites is 1. The number of likely N-dealkylation sites (tertiary alicyclic amines) is 1. The monoisotopic (exact) mass is 365 g/mol. The van der Waals surface area contributed by atoms with Gasteiger partial charge < -0.3 is 20.4 Å². The lowest BCUT2D eigenvalue weighted by atomic mass is 10.1. The number of aromatic nitrogens is 2. The van der Waals surface area contributed by atoms with Crippen LogP contribution in [0, 0.1) is 0 Å². The van der Waals surface area contributed by atoms with Gasteiger partial charge in [0.15, 0.2) is 0 Å². The average Bonchev–Trinajstić information content (AvgIpc) is 3.11. The number of carbonyl (C=O) groups excluding carboxylic acids is 1. The Morgan fingerprint density at radius 1 is 1.30 bits per heavy atom. The Hall–Kier alpha value is -2.93. The van der Waals surface area contributed by atoms with Crippen molar-refractivity contribution in [1.29, 1.82) is 0 Å². The number of hydrogen-bond donors (Lipinski definition) is 2. The zero-order chi connectivity index (χ0) is 18.6. The molecule has 0 spiro atoms. The molecule has 2 aromatic heterocycles. The maximum Gasteiger partial charge on any atom is 0.274 e. The zero-order valence-electron chi connectivity index (χ0n) is 15.1. The van der Waals surface area contributed by atoms with Gasteiger partial charge in [-0.15, -0.1) is 0 Å². The summed E-state index contributed by atoms with van der Waals surface area (Å²) >= 11 is 0. The SMILES string of the molecule is NC1CCCN(C(=O)c2cnc(NCCc3cc4ccccc4o3)cn2)C1. The second-order valence-electron chi connectivity index (χ2n) is 6.87. The Kier molecular flexibility index (Phi) is 5.02. The van der Waals surface area contributed by atoms with E-state index in [1.165, 1.54) is 6.20 Å². The number of nitrogens with two attached hydrogens (primary N) is 1. The summed E-state index contributed by atoms with van der Waals surface area (Å²) in [6.45, 7) is 1.98. The van der Waals surface area contributed by atoms with Crippen LogP contribution in [-0.4, -0.2) is 46.5 Å². The molecule has 3 heterocycles. The van der Waals surface area contributed by atoms with E-state index in [2.05, 4.69) is 15.3 Å². The molecule has 140 valence electrons. The molecule has 7 nitrogen and oxygen atoms in total. The summed E-state index contributed by atoms with van der Waals surface area (Å²) in [5.41, 5.74) is 7.19. The predicted molar refractivity (Wildman–Crippen MR) is 104 cm³/mol. The fraction of sp³-hybridized carbons (Fsp3) is 0.350. The number of furan rings is 1. The highest BCUT2D eigenvalue weighted by Crippen LogP contribution is 2.19. The van der Waals surface area contributed by atoms with Crippen LogP contribution in [0.1, 0.15) is 29.1 Å². The third-order valence-corrected chi connectivity index (χ3v) is 4.77. The molecule has 1 saturated heterocycles. The lowest BCUT2D eigenvalue weighted by Crippen LogP contribution is -2.45. The number of anilines is 1. The summed E-state index contributed by atoms with van der Waals surface area (Å²) < 4.78 is 5.80. The van der Waals surface area contributed by atoms with Crippen molar-refractivity contribution in [3.05, 3.63) is 54.2 Å². The molecule has 3 aromatic rings. The van der Waals surface area contributed by atoms with Crippen LogP contribution in [-0.2, 0) is 6.42 Å². The van der Waals surface area contributed by atoms with E-state index >= 15 is 0 Å². The zero-order valence-corrected chi connectivity index (χ0v) is 15.1. The van der Waals surface area contributed by atoms with Crippen molar-refractivity contribution in [3.8, 4) is 0 Å². The van der Waals surface area contributed by atoms with Gasteiger partial charge in [0, 0.05) is 37.5 Å². The van der Waals surface area contributed by atoms with Crippen molar-refractivity contribution in [2.24, 2.45) is 5.73 Å². The third kappa shape index (κ3) is 4.09. The summed E-state index contributed by atoms with van der Waals surface area (Å²) in [4.78, 5) is 22.8. The van der Waals surface area contributed by atoms with Crippen molar-refractivity contribution in [3.63, 3.8) is 0 Å². The minimum Gasteiger partial charge on any atom is -0.461 e. The van der Waals surface area contributed by atoms with Crippen molar-refractivity contribution < 1.29 is 9.21 Å². The minimum atomic E-state index is -0.105. The number of piperidine rings is 1. The van der Waals surface area contributed by atoms with Crippen LogP contribution in [0.25, 0.3) is 11.0 Å². The molecule has 0 aliphatic carbocycles. The number of benzene rings is 1. The quantitative estimate of drug-likeness (QED) is 0.721. The first-order valence-corrected chi connectivity index (χ1v) is 9.27. The van der Waals surface area contributed by atoms with E-state index in [1.54, 1.807) is 11.1 Å². The van der Waals surface area contributed by atoms with Crippen LogP contribution in [0.3, 0.4) is 0 Å². The fourth-order valence-corrected chi connectivity index (χ4v) is 3.36. The Bertz CT molecular complexity index is 889. The topological polar surface area (TPSA) is 97.3 Å². The molecule has 27 heavy (non-hydrogen) atoms. The molecule has 1 aliphatic rings. The molecule has 0 radical (unpaired) electrons. The van der Waals surface area contributed by atoms with Crippen molar-refractivity contribution in [2.75, 3.05) is 25.0 Å². The van der Waals surface area contributed by atoms with E-state index in [-0.39, 0.29) is 11.9 Å². The summed E-state index contributed by atoms with van der Waals surface area (Å²) in [6.07, 6.45) is 5.75. The van der Waals surface area contributed by atoms with Gasteiger partial charge >= 0.3 is 0 Å². The molecular weight excluding hydrogens is 342 g/mol. The number of fused-ring (bicyclic) bond motifs is 1.